The number of thiophene rings is 1. The van der Waals surface area contributed by atoms with Gasteiger partial charge < -0.3 is 5.73 Å². The quantitative estimate of drug-likeness (QED) is 0.447. The molecular weight excluding hydrogens is 326 g/mol. The Labute approximate surface area is 141 Å². The van der Waals surface area contributed by atoms with E-state index in [4.69, 9.17) is 5.73 Å². The van der Waals surface area contributed by atoms with Crippen molar-refractivity contribution in [1.29, 1.82) is 0 Å². The Morgan fingerprint density at radius 1 is 1.29 bits per heavy atom. The van der Waals surface area contributed by atoms with Gasteiger partial charge in [0.2, 0.25) is 5.78 Å². The van der Waals surface area contributed by atoms with E-state index >= 15 is 0 Å². The first-order valence-corrected chi connectivity index (χ1v) is 8.36. The van der Waals surface area contributed by atoms with E-state index in [1.165, 1.54) is 35.1 Å². The lowest BCUT2D eigenvalue weighted by atomic mass is 10.1. The van der Waals surface area contributed by atoms with Gasteiger partial charge in [-0.25, -0.2) is 4.98 Å². The van der Waals surface area contributed by atoms with Crippen molar-refractivity contribution in [2.24, 2.45) is 0 Å². The van der Waals surface area contributed by atoms with Crippen LogP contribution in [-0.4, -0.2) is 15.7 Å². The van der Waals surface area contributed by atoms with E-state index in [1.807, 2.05) is 6.07 Å². The molecule has 0 unspecified atom stereocenters. The van der Waals surface area contributed by atoms with Crippen LogP contribution in [0, 0.1) is 10.1 Å². The minimum atomic E-state index is -0.517. The van der Waals surface area contributed by atoms with Crippen LogP contribution in [0.1, 0.15) is 32.9 Å². The van der Waals surface area contributed by atoms with Crippen molar-refractivity contribution in [3.8, 4) is 0 Å². The van der Waals surface area contributed by atoms with Crippen molar-refractivity contribution >= 4 is 38.7 Å². The summed E-state index contributed by atoms with van der Waals surface area (Å²) in [6.07, 6.45) is 3.04. The maximum atomic E-state index is 12.7. The first kappa shape index (κ1) is 14.8. The van der Waals surface area contributed by atoms with Crippen LogP contribution in [0.5, 0.6) is 0 Å². The summed E-state index contributed by atoms with van der Waals surface area (Å²) in [5.74, 6) is -0.306. The lowest BCUT2D eigenvalue weighted by Crippen LogP contribution is -2.02. The van der Waals surface area contributed by atoms with Gasteiger partial charge in [0, 0.05) is 28.8 Å². The van der Waals surface area contributed by atoms with Gasteiger partial charge in [-0.2, -0.15) is 0 Å². The molecule has 0 spiro atoms. The molecule has 1 aliphatic rings. The Balaban J connectivity index is 1.81. The van der Waals surface area contributed by atoms with Crippen molar-refractivity contribution < 1.29 is 9.72 Å². The van der Waals surface area contributed by atoms with Crippen LogP contribution in [0.4, 0.5) is 11.4 Å². The number of nitro groups is 1. The second-order valence-electron chi connectivity index (χ2n) is 5.78. The second kappa shape index (κ2) is 5.38. The van der Waals surface area contributed by atoms with Gasteiger partial charge in [0.25, 0.3) is 5.69 Å². The van der Waals surface area contributed by atoms with Crippen molar-refractivity contribution in [2.45, 2.75) is 19.3 Å². The zero-order valence-corrected chi connectivity index (χ0v) is 13.4. The lowest BCUT2D eigenvalue weighted by Gasteiger charge is -2.00. The topological polar surface area (TPSA) is 99.1 Å². The summed E-state index contributed by atoms with van der Waals surface area (Å²) in [6, 6.07) is 7.73. The van der Waals surface area contributed by atoms with Crippen molar-refractivity contribution in [3.63, 3.8) is 0 Å². The fraction of sp³-hybridized carbons (Fsp3) is 0.176. The molecule has 7 heteroatoms. The third-order valence-electron chi connectivity index (χ3n) is 4.27. The van der Waals surface area contributed by atoms with Gasteiger partial charge in [-0.3, -0.25) is 14.9 Å². The summed E-state index contributed by atoms with van der Waals surface area (Å²) in [5, 5.41) is 11.7. The Morgan fingerprint density at radius 3 is 2.92 bits per heavy atom. The van der Waals surface area contributed by atoms with Crippen LogP contribution in [0.25, 0.3) is 10.2 Å². The maximum absolute atomic E-state index is 12.7. The van der Waals surface area contributed by atoms with Crippen molar-refractivity contribution in [1.82, 2.24) is 4.98 Å². The highest BCUT2D eigenvalue weighted by Gasteiger charge is 2.22. The van der Waals surface area contributed by atoms with E-state index < -0.39 is 4.92 Å². The molecule has 3 aromatic rings. The molecule has 0 amide bonds. The Hall–Kier alpha value is -2.80. The zero-order valence-electron chi connectivity index (χ0n) is 12.6. The van der Waals surface area contributed by atoms with Gasteiger partial charge in [0.1, 0.15) is 9.71 Å². The van der Waals surface area contributed by atoms with E-state index in [0.29, 0.717) is 10.6 Å². The maximum Gasteiger partial charge on any atom is 0.270 e. The molecule has 4 rings (SSSR count). The smallest absolute Gasteiger partial charge is 0.270 e. The molecule has 0 atom stereocenters. The molecule has 1 aromatic carbocycles. The van der Waals surface area contributed by atoms with Crippen molar-refractivity contribution in [3.05, 3.63) is 62.1 Å². The van der Waals surface area contributed by atoms with E-state index in [1.54, 1.807) is 6.07 Å². The monoisotopic (exact) mass is 339 g/mol. The number of nitro benzene ring substituents is 1. The largest absolute Gasteiger partial charge is 0.397 e. The molecule has 0 aliphatic heterocycles. The summed E-state index contributed by atoms with van der Waals surface area (Å²) < 4.78 is 0. The van der Waals surface area contributed by atoms with Gasteiger partial charge in [-0.1, -0.05) is 12.1 Å². The fourth-order valence-electron chi connectivity index (χ4n) is 3.06. The third-order valence-corrected chi connectivity index (χ3v) is 5.39. The molecule has 120 valence electrons. The molecule has 2 N–H and O–H groups in total. The number of ketones is 1. The van der Waals surface area contributed by atoms with E-state index in [-0.39, 0.29) is 17.0 Å². The third kappa shape index (κ3) is 2.25. The van der Waals surface area contributed by atoms with Gasteiger partial charge in [-0.05, 0) is 30.9 Å². The number of hydrogen-bond acceptors (Lipinski definition) is 6. The Morgan fingerprint density at radius 2 is 2.12 bits per heavy atom. The zero-order chi connectivity index (χ0) is 16.8. The molecular formula is C17H13N3O3S. The number of carbonyl (C=O) groups excluding carboxylic acids is 1. The van der Waals surface area contributed by atoms with Crippen LogP contribution < -0.4 is 5.73 Å². The number of rotatable bonds is 3. The molecule has 6 nitrogen and oxygen atoms in total. The SMILES string of the molecule is Nc1c(C(=O)c2cccc([N+](=O)[O-])c2)sc2nc3c(cc12)CCC3. The number of carbonyl (C=O) groups is 1. The van der Waals surface area contributed by atoms with Crippen LogP contribution in [0.3, 0.4) is 0 Å². The highest BCUT2D eigenvalue weighted by Crippen LogP contribution is 2.37. The number of nitrogens with two attached hydrogens (primary N) is 1. The average molecular weight is 339 g/mol. The normalized spacial score (nSPS) is 13.2. The van der Waals surface area contributed by atoms with Gasteiger partial charge >= 0.3 is 0 Å². The standard InChI is InChI=1S/C17H13N3O3S/c18-14-12-8-9-3-2-6-13(9)19-17(12)24-16(14)15(21)10-4-1-5-11(7-10)20(22)23/h1,4-5,7-8H,2-3,6,18H2. The van der Waals surface area contributed by atoms with Gasteiger partial charge in [0.05, 0.1) is 10.6 Å². The van der Waals surface area contributed by atoms with Crippen molar-refractivity contribution in [2.75, 3.05) is 5.73 Å². The fourth-order valence-corrected chi connectivity index (χ4v) is 4.12. The van der Waals surface area contributed by atoms with Crippen LogP contribution >= 0.6 is 11.3 Å². The predicted octanol–water partition coefficient (Wildman–Crippen LogP) is 3.51. The summed E-state index contributed by atoms with van der Waals surface area (Å²) >= 11 is 1.25. The van der Waals surface area contributed by atoms with E-state index in [9.17, 15) is 14.9 Å². The van der Waals surface area contributed by atoms with Crippen LogP contribution in [0.15, 0.2) is 30.3 Å². The minimum Gasteiger partial charge on any atom is -0.397 e. The first-order chi connectivity index (χ1) is 11.5. The van der Waals surface area contributed by atoms with E-state index in [2.05, 4.69) is 4.98 Å². The minimum absolute atomic E-state index is 0.113. The molecule has 0 radical (unpaired) electrons. The number of hydrogen-bond donors (Lipinski definition) is 1. The number of fused-ring (bicyclic) bond motifs is 2. The highest BCUT2D eigenvalue weighted by atomic mass is 32.1. The van der Waals surface area contributed by atoms with E-state index in [0.717, 1.165) is 35.2 Å². The van der Waals surface area contributed by atoms with Crippen LogP contribution in [-0.2, 0) is 12.8 Å². The molecule has 0 saturated carbocycles. The number of pyridine rings is 1. The molecule has 0 fully saturated rings. The van der Waals surface area contributed by atoms with Gasteiger partial charge in [-0.15, -0.1) is 11.3 Å². The summed E-state index contributed by atoms with van der Waals surface area (Å²) in [4.78, 5) is 28.9. The predicted molar refractivity (Wildman–Crippen MR) is 92.6 cm³/mol. The average Bonchev–Trinajstić information content (AvgIpc) is 3.16. The molecule has 2 heterocycles. The Bertz CT molecular complexity index is 1010. The number of non-ortho nitro benzene ring substituents is 1. The molecule has 1 aliphatic carbocycles. The number of aromatic nitrogens is 1. The Kier molecular flexibility index (Phi) is 3.31. The number of benzene rings is 1. The van der Waals surface area contributed by atoms with Crippen LogP contribution in [0.2, 0.25) is 0 Å². The lowest BCUT2D eigenvalue weighted by molar-refractivity contribution is -0.384. The summed E-state index contributed by atoms with van der Waals surface area (Å²) in [6.45, 7) is 0. The number of anilines is 1. The number of nitrogens with zero attached hydrogens (tertiary/aromatic N) is 2. The second-order valence-corrected chi connectivity index (χ2v) is 6.78. The molecule has 2 aromatic heterocycles. The first-order valence-electron chi connectivity index (χ1n) is 7.54. The highest BCUT2D eigenvalue weighted by molar-refractivity contribution is 7.21. The number of aryl methyl sites for hydroxylation is 2. The molecule has 24 heavy (non-hydrogen) atoms. The van der Waals surface area contributed by atoms with Gasteiger partial charge in [0.15, 0.2) is 0 Å². The summed E-state index contributed by atoms with van der Waals surface area (Å²) in [7, 11) is 0. The number of nitrogen functional groups attached to an aromatic ring is 1. The summed E-state index contributed by atoms with van der Waals surface area (Å²) in [5.41, 5.74) is 9.02. The molecule has 0 bridgehead atoms. The molecule has 0 saturated heterocycles.